The van der Waals surface area contributed by atoms with Crippen molar-refractivity contribution in [3.63, 3.8) is 0 Å². The van der Waals surface area contributed by atoms with Gasteiger partial charge in [-0.1, -0.05) is 42.2 Å². The summed E-state index contributed by atoms with van der Waals surface area (Å²) >= 11 is 0. The van der Waals surface area contributed by atoms with E-state index >= 15 is 0 Å². The number of aliphatic hydroxyl groups is 1. The zero-order valence-corrected chi connectivity index (χ0v) is 15.0. The number of hydrogen-bond acceptors (Lipinski definition) is 4. The molecule has 0 amide bonds. The Bertz CT molecular complexity index is 869. The molecule has 0 aliphatic heterocycles. The topological polar surface area (TPSA) is 83.6 Å². The predicted octanol–water partition coefficient (Wildman–Crippen LogP) is 1.49. The lowest BCUT2D eigenvalue weighted by atomic mass is 10.1. The van der Waals surface area contributed by atoms with E-state index in [1.54, 1.807) is 12.1 Å². The quantitative estimate of drug-likeness (QED) is 0.767. The van der Waals surface area contributed by atoms with Crippen molar-refractivity contribution in [2.75, 3.05) is 19.7 Å². The number of nitrogens with zero attached hydrogens (tertiary/aromatic N) is 1. The Balaban J connectivity index is 2.34. The van der Waals surface area contributed by atoms with Gasteiger partial charge in [0, 0.05) is 18.7 Å². The van der Waals surface area contributed by atoms with Crippen LogP contribution in [0.5, 0.6) is 0 Å². The Morgan fingerprint density at radius 3 is 2.48 bits per heavy atom. The van der Waals surface area contributed by atoms with Crippen LogP contribution in [-0.4, -0.2) is 37.5 Å². The Kier molecular flexibility index (Phi) is 6.73. The second-order valence-corrected chi connectivity index (χ2v) is 7.47. The summed E-state index contributed by atoms with van der Waals surface area (Å²) in [5, 5.41) is 9.28. The highest BCUT2D eigenvalue weighted by Crippen LogP contribution is 2.21. The van der Waals surface area contributed by atoms with Gasteiger partial charge in [-0.05, 0) is 36.2 Å². The van der Waals surface area contributed by atoms with Crippen LogP contribution in [0.3, 0.4) is 0 Å². The summed E-state index contributed by atoms with van der Waals surface area (Å²) in [6.45, 7) is 2.06. The average Bonchev–Trinajstić information content (AvgIpc) is 2.61. The molecule has 3 N–H and O–H groups in total. The van der Waals surface area contributed by atoms with Crippen LogP contribution in [0.4, 0.5) is 0 Å². The third-order valence-corrected chi connectivity index (χ3v) is 5.55. The summed E-state index contributed by atoms with van der Waals surface area (Å²) in [7, 11) is -3.72. The van der Waals surface area contributed by atoms with Gasteiger partial charge < -0.3 is 10.8 Å². The first kappa shape index (κ1) is 19.2. The van der Waals surface area contributed by atoms with Crippen LogP contribution in [0.1, 0.15) is 16.7 Å². The van der Waals surface area contributed by atoms with E-state index in [2.05, 4.69) is 11.8 Å². The Hall–Kier alpha value is -2.17. The first-order chi connectivity index (χ1) is 12.0. The van der Waals surface area contributed by atoms with E-state index < -0.39 is 10.0 Å². The van der Waals surface area contributed by atoms with Crippen LogP contribution in [0.25, 0.3) is 0 Å². The predicted molar refractivity (Wildman–Crippen MR) is 98.2 cm³/mol. The first-order valence-electron chi connectivity index (χ1n) is 7.93. The standard InChI is InChI=1S/C19H22N2O3S/c1-16-14-19(10-9-18(16)8-5-11-20)25(23,24)21(12-13-22)15-17-6-3-2-4-7-17/h2-4,6-7,9-10,14,22H,11-13,15,20H2,1H3. The fourth-order valence-corrected chi connectivity index (χ4v) is 3.92. The summed E-state index contributed by atoms with van der Waals surface area (Å²) in [4.78, 5) is 0.188. The van der Waals surface area contributed by atoms with Crippen molar-refractivity contribution < 1.29 is 13.5 Å². The monoisotopic (exact) mass is 358 g/mol. The van der Waals surface area contributed by atoms with E-state index in [1.165, 1.54) is 10.4 Å². The van der Waals surface area contributed by atoms with Gasteiger partial charge in [-0.15, -0.1) is 0 Å². The van der Waals surface area contributed by atoms with Crippen molar-refractivity contribution in [1.29, 1.82) is 0 Å². The SMILES string of the molecule is Cc1cc(S(=O)(=O)N(CCO)Cc2ccccc2)ccc1C#CCN. The van der Waals surface area contributed by atoms with Crippen LogP contribution >= 0.6 is 0 Å². The van der Waals surface area contributed by atoms with Crippen molar-refractivity contribution in [3.8, 4) is 11.8 Å². The van der Waals surface area contributed by atoms with Gasteiger partial charge in [-0.3, -0.25) is 0 Å². The van der Waals surface area contributed by atoms with Crippen LogP contribution in [0, 0.1) is 18.8 Å². The minimum absolute atomic E-state index is 0.0327. The summed E-state index contributed by atoms with van der Waals surface area (Å²) in [5.41, 5.74) is 7.76. The molecule has 132 valence electrons. The van der Waals surface area contributed by atoms with Crippen LogP contribution in [0.2, 0.25) is 0 Å². The normalized spacial score (nSPS) is 11.2. The van der Waals surface area contributed by atoms with E-state index in [0.717, 1.165) is 16.7 Å². The molecule has 0 unspecified atom stereocenters. The largest absolute Gasteiger partial charge is 0.395 e. The molecule has 0 radical (unpaired) electrons. The number of rotatable bonds is 6. The minimum Gasteiger partial charge on any atom is -0.395 e. The summed E-state index contributed by atoms with van der Waals surface area (Å²) in [6.07, 6.45) is 0. The number of sulfonamides is 1. The van der Waals surface area contributed by atoms with E-state index in [9.17, 15) is 13.5 Å². The highest BCUT2D eigenvalue weighted by molar-refractivity contribution is 7.89. The Morgan fingerprint density at radius 1 is 1.16 bits per heavy atom. The maximum atomic E-state index is 13.0. The Morgan fingerprint density at radius 2 is 1.88 bits per heavy atom. The number of benzene rings is 2. The van der Waals surface area contributed by atoms with Crippen LogP contribution in [-0.2, 0) is 16.6 Å². The molecule has 0 saturated heterocycles. The molecule has 6 heteroatoms. The number of nitrogens with two attached hydrogens (primary N) is 1. The number of aliphatic hydroxyl groups excluding tert-OH is 1. The van der Waals surface area contributed by atoms with Crippen molar-refractivity contribution >= 4 is 10.0 Å². The lowest BCUT2D eigenvalue weighted by molar-refractivity contribution is 0.251. The summed E-state index contributed by atoms with van der Waals surface area (Å²) in [6, 6.07) is 14.1. The van der Waals surface area contributed by atoms with Crippen molar-refractivity contribution in [2.24, 2.45) is 5.73 Å². The zero-order chi connectivity index (χ0) is 18.3. The van der Waals surface area contributed by atoms with Gasteiger partial charge in [0.1, 0.15) is 0 Å². The van der Waals surface area contributed by atoms with Gasteiger partial charge in [0.15, 0.2) is 0 Å². The molecule has 0 aliphatic carbocycles. The highest BCUT2D eigenvalue weighted by atomic mass is 32.2. The smallest absolute Gasteiger partial charge is 0.243 e. The average molecular weight is 358 g/mol. The van der Waals surface area contributed by atoms with Gasteiger partial charge in [0.05, 0.1) is 18.0 Å². The third kappa shape index (κ3) is 4.91. The van der Waals surface area contributed by atoms with Gasteiger partial charge in [0.25, 0.3) is 0 Å². The molecule has 5 nitrogen and oxygen atoms in total. The minimum atomic E-state index is -3.72. The molecule has 0 aromatic heterocycles. The number of hydrogen-bond donors (Lipinski definition) is 2. The molecule has 0 saturated carbocycles. The Labute approximate surface area is 149 Å². The van der Waals surface area contributed by atoms with E-state index in [-0.39, 0.29) is 31.1 Å². The molecule has 0 bridgehead atoms. The van der Waals surface area contributed by atoms with Gasteiger partial charge in [-0.2, -0.15) is 4.31 Å². The molecule has 0 heterocycles. The lowest BCUT2D eigenvalue weighted by Crippen LogP contribution is -2.33. The van der Waals surface area contributed by atoms with Crippen molar-refractivity contribution in [2.45, 2.75) is 18.4 Å². The molecule has 0 spiro atoms. The van der Waals surface area contributed by atoms with Crippen molar-refractivity contribution in [1.82, 2.24) is 4.31 Å². The van der Waals surface area contributed by atoms with E-state index in [1.807, 2.05) is 37.3 Å². The van der Waals surface area contributed by atoms with Gasteiger partial charge in [0.2, 0.25) is 10.0 Å². The molecule has 2 aromatic rings. The highest BCUT2D eigenvalue weighted by Gasteiger charge is 2.24. The summed E-state index contributed by atoms with van der Waals surface area (Å²) in [5.74, 6) is 5.69. The molecule has 0 atom stereocenters. The van der Waals surface area contributed by atoms with Gasteiger partial charge >= 0.3 is 0 Å². The molecule has 0 fully saturated rings. The molecule has 0 aliphatic rings. The second-order valence-electron chi connectivity index (χ2n) is 5.53. The molecule has 2 aromatic carbocycles. The van der Waals surface area contributed by atoms with E-state index in [0.29, 0.717) is 0 Å². The number of aryl methyl sites for hydroxylation is 1. The van der Waals surface area contributed by atoms with Crippen LogP contribution < -0.4 is 5.73 Å². The maximum absolute atomic E-state index is 13.0. The summed E-state index contributed by atoms with van der Waals surface area (Å²) < 4.78 is 27.2. The third-order valence-electron chi connectivity index (χ3n) is 3.71. The maximum Gasteiger partial charge on any atom is 0.243 e. The fourth-order valence-electron chi connectivity index (χ4n) is 2.41. The lowest BCUT2D eigenvalue weighted by Gasteiger charge is -2.22. The molecular weight excluding hydrogens is 336 g/mol. The molecule has 2 rings (SSSR count). The fraction of sp³-hybridized carbons (Fsp3) is 0.263. The first-order valence-corrected chi connectivity index (χ1v) is 9.37. The second kappa shape index (κ2) is 8.79. The van der Waals surface area contributed by atoms with E-state index in [4.69, 9.17) is 5.73 Å². The zero-order valence-electron chi connectivity index (χ0n) is 14.1. The van der Waals surface area contributed by atoms with Gasteiger partial charge in [-0.25, -0.2) is 8.42 Å². The molecule has 25 heavy (non-hydrogen) atoms. The van der Waals surface area contributed by atoms with Crippen molar-refractivity contribution in [3.05, 3.63) is 65.2 Å². The van der Waals surface area contributed by atoms with Crippen LogP contribution in [0.15, 0.2) is 53.4 Å². The molecular formula is C19H22N2O3S.